The summed E-state index contributed by atoms with van der Waals surface area (Å²) in [5.41, 5.74) is 5.02. The standard InChI is InChI=1S/C14H27NO3/c1-9(2)7-11(8-12(16)10(3)15)13(17)18-14(4,5)6/h9-11H,7-8,15H2,1-6H3/t10-,11+/m0/s1. The highest BCUT2D eigenvalue weighted by atomic mass is 16.6. The first-order valence-electron chi connectivity index (χ1n) is 6.54. The van der Waals surface area contributed by atoms with E-state index >= 15 is 0 Å². The fraction of sp³-hybridized carbons (Fsp3) is 0.857. The molecule has 0 saturated heterocycles. The molecular formula is C14H27NO3. The van der Waals surface area contributed by atoms with Gasteiger partial charge in [-0.1, -0.05) is 13.8 Å². The van der Waals surface area contributed by atoms with Gasteiger partial charge in [-0.2, -0.15) is 0 Å². The summed E-state index contributed by atoms with van der Waals surface area (Å²) in [7, 11) is 0. The molecule has 4 nitrogen and oxygen atoms in total. The number of Topliss-reactive ketones (excluding diaryl/α,β-unsaturated/α-hetero) is 1. The van der Waals surface area contributed by atoms with Gasteiger partial charge >= 0.3 is 5.97 Å². The predicted molar refractivity (Wildman–Crippen MR) is 72.1 cm³/mol. The number of hydrogen-bond acceptors (Lipinski definition) is 4. The van der Waals surface area contributed by atoms with Crippen LogP contribution < -0.4 is 5.73 Å². The van der Waals surface area contributed by atoms with Gasteiger partial charge in [-0.05, 0) is 40.0 Å². The predicted octanol–water partition coefficient (Wildman–Crippen LogP) is 2.30. The van der Waals surface area contributed by atoms with Crippen molar-refractivity contribution < 1.29 is 14.3 Å². The molecule has 0 aromatic heterocycles. The molecule has 0 aromatic carbocycles. The number of carbonyl (C=O) groups is 2. The van der Waals surface area contributed by atoms with E-state index in [-0.39, 0.29) is 24.1 Å². The Hall–Kier alpha value is -0.900. The van der Waals surface area contributed by atoms with Crippen LogP contribution in [0.4, 0.5) is 0 Å². The highest BCUT2D eigenvalue weighted by Gasteiger charge is 2.28. The average molecular weight is 257 g/mol. The van der Waals surface area contributed by atoms with E-state index in [2.05, 4.69) is 0 Å². The third-order valence-corrected chi connectivity index (χ3v) is 2.45. The molecule has 0 aliphatic rings. The molecule has 4 heteroatoms. The minimum atomic E-state index is -0.526. The van der Waals surface area contributed by atoms with Gasteiger partial charge in [0.25, 0.3) is 0 Å². The highest BCUT2D eigenvalue weighted by Crippen LogP contribution is 2.21. The lowest BCUT2D eigenvalue weighted by atomic mass is 9.91. The smallest absolute Gasteiger partial charge is 0.309 e. The first-order valence-corrected chi connectivity index (χ1v) is 6.54. The number of carbonyl (C=O) groups excluding carboxylic acids is 2. The van der Waals surface area contributed by atoms with E-state index < -0.39 is 11.6 Å². The molecule has 0 amide bonds. The van der Waals surface area contributed by atoms with Gasteiger partial charge in [-0.25, -0.2) is 0 Å². The topological polar surface area (TPSA) is 69.4 Å². The Labute approximate surface area is 110 Å². The maximum absolute atomic E-state index is 12.0. The van der Waals surface area contributed by atoms with Gasteiger partial charge in [-0.15, -0.1) is 0 Å². The van der Waals surface area contributed by atoms with Crippen LogP contribution >= 0.6 is 0 Å². The lowest BCUT2D eigenvalue weighted by molar-refractivity contribution is -0.161. The van der Waals surface area contributed by atoms with E-state index in [0.29, 0.717) is 12.3 Å². The molecule has 106 valence electrons. The van der Waals surface area contributed by atoms with Gasteiger partial charge in [0.15, 0.2) is 0 Å². The molecule has 0 aliphatic heterocycles. The van der Waals surface area contributed by atoms with E-state index in [1.807, 2.05) is 34.6 Å². The van der Waals surface area contributed by atoms with Gasteiger partial charge in [0.2, 0.25) is 0 Å². The second-order valence-electron chi connectivity index (χ2n) is 6.32. The van der Waals surface area contributed by atoms with Gasteiger partial charge in [0, 0.05) is 6.42 Å². The third-order valence-electron chi connectivity index (χ3n) is 2.45. The molecule has 0 saturated carbocycles. The van der Waals surface area contributed by atoms with Crippen molar-refractivity contribution >= 4 is 11.8 Å². The van der Waals surface area contributed by atoms with E-state index in [1.165, 1.54) is 0 Å². The molecule has 2 N–H and O–H groups in total. The molecular weight excluding hydrogens is 230 g/mol. The van der Waals surface area contributed by atoms with Crippen LogP contribution in [-0.2, 0) is 14.3 Å². The quantitative estimate of drug-likeness (QED) is 0.741. The summed E-state index contributed by atoms with van der Waals surface area (Å²) in [4.78, 5) is 23.7. The Bertz CT molecular complexity index is 290. The van der Waals surface area contributed by atoms with Crippen molar-refractivity contribution in [3.05, 3.63) is 0 Å². The number of ether oxygens (including phenoxy) is 1. The van der Waals surface area contributed by atoms with E-state index in [1.54, 1.807) is 6.92 Å². The van der Waals surface area contributed by atoms with Crippen LogP contribution in [0.15, 0.2) is 0 Å². The summed E-state index contributed by atoms with van der Waals surface area (Å²) >= 11 is 0. The Morgan fingerprint density at radius 3 is 2.00 bits per heavy atom. The Kier molecular flexibility index (Phi) is 6.54. The fourth-order valence-corrected chi connectivity index (χ4v) is 1.65. The van der Waals surface area contributed by atoms with Crippen LogP contribution in [0.2, 0.25) is 0 Å². The molecule has 0 aromatic rings. The minimum absolute atomic E-state index is 0.0912. The van der Waals surface area contributed by atoms with Crippen molar-refractivity contribution in [1.82, 2.24) is 0 Å². The maximum atomic E-state index is 12.0. The van der Waals surface area contributed by atoms with Crippen molar-refractivity contribution in [1.29, 1.82) is 0 Å². The Balaban J connectivity index is 4.67. The van der Waals surface area contributed by atoms with Crippen molar-refractivity contribution in [3.8, 4) is 0 Å². The number of ketones is 1. The van der Waals surface area contributed by atoms with Crippen molar-refractivity contribution in [3.63, 3.8) is 0 Å². The lowest BCUT2D eigenvalue weighted by Crippen LogP contribution is -2.34. The minimum Gasteiger partial charge on any atom is -0.460 e. The Morgan fingerprint density at radius 1 is 1.17 bits per heavy atom. The zero-order chi connectivity index (χ0) is 14.5. The molecule has 0 aliphatic carbocycles. The van der Waals surface area contributed by atoms with Gasteiger partial charge in [0.05, 0.1) is 12.0 Å². The van der Waals surface area contributed by atoms with Gasteiger partial charge in [-0.3, -0.25) is 9.59 Å². The number of nitrogens with two attached hydrogens (primary N) is 1. The zero-order valence-corrected chi connectivity index (χ0v) is 12.4. The fourth-order valence-electron chi connectivity index (χ4n) is 1.65. The maximum Gasteiger partial charge on any atom is 0.309 e. The van der Waals surface area contributed by atoms with Crippen LogP contribution in [-0.4, -0.2) is 23.4 Å². The van der Waals surface area contributed by atoms with E-state index in [4.69, 9.17) is 10.5 Å². The zero-order valence-electron chi connectivity index (χ0n) is 12.4. The largest absolute Gasteiger partial charge is 0.460 e. The number of hydrogen-bond donors (Lipinski definition) is 1. The van der Waals surface area contributed by atoms with Crippen molar-refractivity contribution in [2.24, 2.45) is 17.6 Å². The van der Waals surface area contributed by atoms with Gasteiger partial charge < -0.3 is 10.5 Å². The summed E-state index contributed by atoms with van der Waals surface area (Å²) in [5.74, 6) is -0.442. The SMILES string of the molecule is CC(C)C[C@H](CC(=O)[C@H](C)N)C(=O)OC(C)(C)C. The monoisotopic (exact) mass is 257 g/mol. The summed E-state index contributed by atoms with van der Waals surface area (Å²) in [6, 6.07) is -0.526. The molecule has 0 heterocycles. The van der Waals surface area contributed by atoms with Crippen LogP contribution in [0.3, 0.4) is 0 Å². The second kappa shape index (κ2) is 6.88. The van der Waals surface area contributed by atoms with Crippen LogP contribution in [0.5, 0.6) is 0 Å². The first-order chi connectivity index (χ1) is 8.03. The van der Waals surface area contributed by atoms with Crippen molar-refractivity contribution in [2.45, 2.75) is 66.0 Å². The molecule has 0 unspecified atom stereocenters. The lowest BCUT2D eigenvalue weighted by Gasteiger charge is -2.25. The third kappa shape index (κ3) is 7.43. The molecule has 0 spiro atoms. The van der Waals surface area contributed by atoms with Crippen LogP contribution in [0.1, 0.15) is 54.4 Å². The molecule has 2 atom stereocenters. The van der Waals surface area contributed by atoms with E-state index in [9.17, 15) is 9.59 Å². The summed E-state index contributed by atoms with van der Waals surface area (Å²) in [6.07, 6.45) is 0.818. The normalized spacial score (nSPS) is 15.3. The molecule has 0 rings (SSSR count). The second-order valence-corrected chi connectivity index (χ2v) is 6.32. The summed E-state index contributed by atoms with van der Waals surface area (Å²) in [6.45, 7) is 11.2. The number of rotatable bonds is 6. The van der Waals surface area contributed by atoms with E-state index in [0.717, 1.165) is 0 Å². The summed E-state index contributed by atoms with van der Waals surface area (Å²) in [5, 5.41) is 0. The first kappa shape index (κ1) is 17.1. The van der Waals surface area contributed by atoms with Crippen LogP contribution in [0, 0.1) is 11.8 Å². The molecule has 0 bridgehead atoms. The molecule has 0 fully saturated rings. The Morgan fingerprint density at radius 2 is 1.67 bits per heavy atom. The highest BCUT2D eigenvalue weighted by molar-refractivity contribution is 5.87. The summed E-state index contributed by atoms with van der Waals surface area (Å²) < 4.78 is 5.35. The van der Waals surface area contributed by atoms with Gasteiger partial charge in [0.1, 0.15) is 11.4 Å². The molecule has 0 radical (unpaired) electrons. The molecule has 18 heavy (non-hydrogen) atoms. The van der Waals surface area contributed by atoms with Crippen molar-refractivity contribution in [2.75, 3.05) is 0 Å². The number of esters is 1. The van der Waals surface area contributed by atoms with Crippen LogP contribution in [0.25, 0.3) is 0 Å². The average Bonchev–Trinajstić information content (AvgIpc) is 2.12.